The van der Waals surface area contributed by atoms with E-state index in [1.807, 2.05) is 30.8 Å². The average Bonchev–Trinajstić information content (AvgIpc) is 2.56. The van der Waals surface area contributed by atoms with Crippen LogP contribution in [0.4, 0.5) is 17.6 Å². The molecule has 0 radical (unpaired) electrons. The molecule has 2 amide bonds. The van der Waals surface area contributed by atoms with Gasteiger partial charge in [0.1, 0.15) is 11.6 Å². The van der Waals surface area contributed by atoms with Crippen molar-refractivity contribution in [3.05, 3.63) is 64.5 Å². The lowest BCUT2D eigenvalue weighted by Crippen LogP contribution is -2.43. The molecule has 0 aliphatic rings. The van der Waals surface area contributed by atoms with Crippen molar-refractivity contribution >= 4 is 11.8 Å². The predicted molar refractivity (Wildman–Crippen MR) is 88.4 cm³/mol. The molecule has 0 fully saturated rings. The maximum Gasteiger partial charge on any atom is 0.419 e. The van der Waals surface area contributed by atoms with E-state index < -0.39 is 41.5 Å². The number of carbonyl (C=O) groups excluding carboxylic acids is 2. The zero-order chi connectivity index (χ0) is 20.2. The van der Waals surface area contributed by atoms with Crippen LogP contribution in [-0.2, 0) is 11.0 Å². The molecule has 0 saturated heterocycles. The molecule has 0 saturated carbocycles. The summed E-state index contributed by atoms with van der Waals surface area (Å²) in [5.74, 6) is -2.78. The summed E-state index contributed by atoms with van der Waals surface area (Å²) in [6.07, 6.45) is -4.94. The van der Waals surface area contributed by atoms with Crippen LogP contribution < -0.4 is 15.6 Å². The third-order valence-electron chi connectivity index (χ3n) is 3.41. The van der Waals surface area contributed by atoms with Crippen molar-refractivity contribution in [2.75, 3.05) is 6.61 Å². The fourth-order valence-corrected chi connectivity index (χ4v) is 2.28. The summed E-state index contributed by atoms with van der Waals surface area (Å²) in [6, 6.07) is 7.13. The monoisotopic (exact) mass is 384 g/mol. The average molecular weight is 384 g/mol. The standard InChI is InChI=1S/C18H16F4N2O3/c1-10-5-11(2)7-13(6-10)27-9-16(25)23-24-17(26)12-3-4-15(19)14(8-12)18(20,21)22/h3-8H,9H2,1-2H3,(H,23,25)(H,24,26). The number of rotatable bonds is 4. The van der Waals surface area contributed by atoms with Gasteiger partial charge in [0, 0.05) is 5.56 Å². The molecule has 2 aromatic carbocycles. The summed E-state index contributed by atoms with van der Waals surface area (Å²) < 4.78 is 56.5. The molecule has 27 heavy (non-hydrogen) atoms. The van der Waals surface area contributed by atoms with Crippen molar-refractivity contribution in [2.24, 2.45) is 0 Å². The van der Waals surface area contributed by atoms with E-state index in [0.717, 1.165) is 17.2 Å². The second kappa shape index (κ2) is 8.07. The lowest BCUT2D eigenvalue weighted by molar-refractivity contribution is -0.140. The van der Waals surface area contributed by atoms with Crippen LogP contribution in [0.25, 0.3) is 0 Å². The summed E-state index contributed by atoms with van der Waals surface area (Å²) in [4.78, 5) is 23.6. The first-order valence-electron chi connectivity index (χ1n) is 7.73. The number of hydrazine groups is 1. The third kappa shape index (κ3) is 5.70. The molecule has 0 aromatic heterocycles. The molecule has 9 heteroatoms. The van der Waals surface area contributed by atoms with E-state index >= 15 is 0 Å². The van der Waals surface area contributed by atoms with Crippen molar-refractivity contribution in [3.8, 4) is 5.75 Å². The van der Waals surface area contributed by atoms with Crippen molar-refractivity contribution in [3.63, 3.8) is 0 Å². The molecule has 144 valence electrons. The number of benzene rings is 2. The summed E-state index contributed by atoms with van der Waals surface area (Å²) in [5.41, 5.74) is 3.81. The molecule has 2 rings (SSSR count). The molecular formula is C18H16F4N2O3. The minimum absolute atomic E-state index is 0.364. The fraction of sp³-hybridized carbons (Fsp3) is 0.222. The molecule has 2 N–H and O–H groups in total. The van der Waals surface area contributed by atoms with E-state index in [1.165, 1.54) is 0 Å². The molecule has 5 nitrogen and oxygen atoms in total. The summed E-state index contributed by atoms with van der Waals surface area (Å²) in [7, 11) is 0. The minimum Gasteiger partial charge on any atom is -0.484 e. The van der Waals surface area contributed by atoms with Crippen LogP contribution in [0.1, 0.15) is 27.0 Å². The van der Waals surface area contributed by atoms with Gasteiger partial charge in [0.25, 0.3) is 11.8 Å². The number of alkyl halides is 3. The Morgan fingerprint density at radius 1 is 1.00 bits per heavy atom. The van der Waals surface area contributed by atoms with Crippen molar-refractivity contribution in [1.82, 2.24) is 10.9 Å². The van der Waals surface area contributed by atoms with Crippen molar-refractivity contribution in [1.29, 1.82) is 0 Å². The molecule has 0 spiro atoms. The Hall–Kier alpha value is -3.10. The van der Waals surface area contributed by atoms with Crippen molar-refractivity contribution < 1.29 is 31.9 Å². The van der Waals surface area contributed by atoms with Gasteiger partial charge in [0.15, 0.2) is 6.61 Å². The number of nitrogens with one attached hydrogen (secondary N) is 2. The van der Waals surface area contributed by atoms with Crippen LogP contribution in [0.15, 0.2) is 36.4 Å². The molecule has 0 unspecified atom stereocenters. The summed E-state index contributed by atoms with van der Waals surface area (Å²) in [5, 5.41) is 0. The van der Waals surface area contributed by atoms with E-state index in [2.05, 4.69) is 0 Å². The topological polar surface area (TPSA) is 67.4 Å². The Kier molecular flexibility index (Phi) is 6.04. The van der Waals surface area contributed by atoms with Crippen LogP contribution in [0, 0.1) is 19.7 Å². The first-order valence-corrected chi connectivity index (χ1v) is 7.73. The molecule has 0 aliphatic heterocycles. The van der Waals surface area contributed by atoms with Crippen LogP contribution >= 0.6 is 0 Å². The van der Waals surface area contributed by atoms with Crippen LogP contribution in [0.3, 0.4) is 0 Å². The van der Waals surface area contributed by atoms with Gasteiger partial charge in [-0.05, 0) is 55.3 Å². The van der Waals surface area contributed by atoms with Gasteiger partial charge in [0.05, 0.1) is 5.56 Å². The predicted octanol–water partition coefficient (Wildman–Crippen LogP) is 3.30. The van der Waals surface area contributed by atoms with Gasteiger partial charge >= 0.3 is 6.18 Å². The minimum atomic E-state index is -4.94. The van der Waals surface area contributed by atoms with Gasteiger partial charge in [-0.3, -0.25) is 20.4 Å². The van der Waals surface area contributed by atoms with Gasteiger partial charge in [-0.25, -0.2) is 4.39 Å². The molecule has 0 atom stereocenters. The Bertz CT molecular complexity index is 846. The summed E-state index contributed by atoms with van der Waals surface area (Å²) >= 11 is 0. The lowest BCUT2D eigenvalue weighted by Gasteiger charge is -2.12. The SMILES string of the molecule is Cc1cc(C)cc(OCC(=O)NNC(=O)c2ccc(F)c(C(F)(F)F)c2)c1. The second-order valence-electron chi connectivity index (χ2n) is 5.81. The molecule has 2 aromatic rings. The fourth-order valence-electron chi connectivity index (χ4n) is 2.28. The maximum absolute atomic E-state index is 13.2. The number of hydrogen-bond acceptors (Lipinski definition) is 3. The Labute approximate surface area is 152 Å². The van der Waals surface area contributed by atoms with E-state index in [4.69, 9.17) is 4.74 Å². The Morgan fingerprint density at radius 3 is 2.22 bits per heavy atom. The largest absolute Gasteiger partial charge is 0.484 e. The normalized spacial score (nSPS) is 11.0. The molecule has 0 heterocycles. The van der Waals surface area contributed by atoms with E-state index in [0.29, 0.717) is 17.9 Å². The number of aryl methyl sites for hydroxylation is 2. The highest BCUT2D eigenvalue weighted by Crippen LogP contribution is 2.31. The smallest absolute Gasteiger partial charge is 0.419 e. The van der Waals surface area contributed by atoms with E-state index in [-0.39, 0.29) is 0 Å². The second-order valence-corrected chi connectivity index (χ2v) is 5.81. The molecule has 0 aliphatic carbocycles. The highest BCUT2D eigenvalue weighted by molar-refractivity contribution is 5.95. The van der Waals surface area contributed by atoms with Gasteiger partial charge in [-0.15, -0.1) is 0 Å². The van der Waals surface area contributed by atoms with Gasteiger partial charge in [-0.2, -0.15) is 13.2 Å². The number of carbonyl (C=O) groups is 2. The molecule has 0 bridgehead atoms. The highest BCUT2D eigenvalue weighted by atomic mass is 19.4. The number of hydrogen-bond donors (Lipinski definition) is 2. The number of halogens is 4. The Morgan fingerprint density at radius 2 is 1.63 bits per heavy atom. The first-order chi connectivity index (χ1) is 12.6. The van der Waals surface area contributed by atoms with Crippen LogP contribution in [-0.4, -0.2) is 18.4 Å². The maximum atomic E-state index is 13.2. The Balaban J connectivity index is 1.92. The summed E-state index contributed by atoms with van der Waals surface area (Å²) in [6.45, 7) is 3.30. The quantitative estimate of drug-likeness (QED) is 0.628. The number of amides is 2. The first kappa shape index (κ1) is 20.2. The van der Waals surface area contributed by atoms with E-state index in [9.17, 15) is 27.2 Å². The van der Waals surface area contributed by atoms with Crippen LogP contribution in [0.2, 0.25) is 0 Å². The van der Waals surface area contributed by atoms with Gasteiger partial charge in [-0.1, -0.05) is 6.07 Å². The van der Waals surface area contributed by atoms with Crippen molar-refractivity contribution in [2.45, 2.75) is 20.0 Å². The lowest BCUT2D eigenvalue weighted by atomic mass is 10.1. The number of ether oxygens (including phenoxy) is 1. The zero-order valence-electron chi connectivity index (χ0n) is 14.4. The van der Waals surface area contributed by atoms with Gasteiger partial charge < -0.3 is 4.74 Å². The van der Waals surface area contributed by atoms with Crippen LogP contribution in [0.5, 0.6) is 5.75 Å². The van der Waals surface area contributed by atoms with E-state index in [1.54, 1.807) is 12.1 Å². The molecular weight excluding hydrogens is 368 g/mol. The zero-order valence-corrected chi connectivity index (χ0v) is 14.4. The third-order valence-corrected chi connectivity index (χ3v) is 3.41. The highest BCUT2D eigenvalue weighted by Gasteiger charge is 2.34. The van der Waals surface area contributed by atoms with Gasteiger partial charge in [0.2, 0.25) is 0 Å².